The minimum Gasteiger partial charge on any atom is -0.550 e. The van der Waals surface area contributed by atoms with E-state index in [1.54, 1.807) is 19.2 Å². The van der Waals surface area contributed by atoms with Gasteiger partial charge in [0.05, 0.1) is 29.1 Å². The molecule has 0 aromatic heterocycles. The fourth-order valence-corrected chi connectivity index (χ4v) is 4.84. The quantitative estimate of drug-likeness (QED) is 0.143. The molecule has 46 heavy (non-hydrogen) atoms. The Morgan fingerprint density at radius 1 is 0.804 bits per heavy atom. The van der Waals surface area contributed by atoms with Crippen molar-refractivity contribution < 1.29 is 49.2 Å². The van der Waals surface area contributed by atoms with E-state index in [0.29, 0.717) is 23.5 Å². The molecule has 4 rings (SSSR count). The second-order valence-corrected chi connectivity index (χ2v) is 10.4. The molecular weight excluding hydrogens is 600 g/mol. The minimum atomic E-state index is -2.97. The zero-order valence-corrected chi connectivity index (χ0v) is 25.1. The summed E-state index contributed by atoms with van der Waals surface area (Å²) in [6.45, 7) is 3.83. The van der Waals surface area contributed by atoms with Crippen molar-refractivity contribution >= 4 is 29.2 Å². The van der Waals surface area contributed by atoms with E-state index in [9.17, 15) is 39.8 Å². The summed E-state index contributed by atoms with van der Waals surface area (Å²) in [7, 11) is 1.60. The molecule has 0 spiro atoms. The molecule has 1 aliphatic rings. The van der Waals surface area contributed by atoms with Gasteiger partial charge in [-0.25, -0.2) is 0 Å². The van der Waals surface area contributed by atoms with Gasteiger partial charge < -0.3 is 44.3 Å². The molecule has 1 heterocycles. The third-order valence-corrected chi connectivity index (χ3v) is 7.12. The van der Waals surface area contributed by atoms with Crippen molar-refractivity contribution in [2.45, 2.75) is 31.3 Å². The van der Waals surface area contributed by atoms with Gasteiger partial charge in [0.15, 0.2) is 0 Å². The fourth-order valence-electron chi connectivity index (χ4n) is 4.84. The average molecular weight is 634 g/mol. The predicted octanol–water partition coefficient (Wildman–Crippen LogP) is 0.111. The van der Waals surface area contributed by atoms with E-state index in [2.05, 4.69) is 4.90 Å². The topological polar surface area (TPSA) is 205 Å². The number of carbonyl (C=O) groups excluding carboxylic acids is 3. The van der Waals surface area contributed by atoms with Crippen LogP contribution in [0.25, 0.3) is 11.3 Å². The lowest BCUT2D eigenvalue weighted by Crippen LogP contribution is -2.54. The number of nitro groups is 1. The van der Waals surface area contributed by atoms with Crippen LogP contribution in [0.1, 0.15) is 42.4 Å². The Hall–Kier alpha value is -5.27. The van der Waals surface area contributed by atoms with Crippen LogP contribution in [-0.2, 0) is 14.4 Å². The zero-order valence-electron chi connectivity index (χ0n) is 25.1. The summed E-state index contributed by atoms with van der Waals surface area (Å²) in [5.41, 5.74) is -0.311. The van der Waals surface area contributed by atoms with E-state index in [1.165, 1.54) is 12.8 Å². The highest BCUT2D eigenvalue weighted by molar-refractivity contribution is 5.95. The molecule has 0 radical (unpaired) electrons. The van der Waals surface area contributed by atoms with Crippen LogP contribution in [0.4, 0.5) is 0 Å². The van der Waals surface area contributed by atoms with Gasteiger partial charge in [-0.15, -0.1) is 0 Å². The van der Waals surface area contributed by atoms with Gasteiger partial charge in [0.1, 0.15) is 23.7 Å². The van der Waals surface area contributed by atoms with Gasteiger partial charge in [0.2, 0.25) is 0 Å². The normalized spacial score (nSPS) is 13.5. The number of hydrogen-bond donors (Lipinski definition) is 1. The molecule has 1 N–H and O–H groups in total. The summed E-state index contributed by atoms with van der Waals surface area (Å²) in [5.74, 6) is -4.53. The number of ether oxygens (including phenoxy) is 2. The van der Waals surface area contributed by atoms with Crippen molar-refractivity contribution in [1.29, 1.82) is 0 Å². The summed E-state index contributed by atoms with van der Waals surface area (Å²) in [4.78, 5) is 44.3. The summed E-state index contributed by atoms with van der Waals surface area (Å²) < 4.78 is 11.2. The van der Waals surface area contributed by atoms with E-state index < -0.39 is 36.4 Å². The molecular formula is C33H33N2O11-3. The van der Waals surface area contributed by atoms with Crippen molar-refractivity contribution in [3.8, 4) is 11.5 Å². The fraction of sp³-hybridized carbons (Fsp3) is 0.303. The number of carboxylic acid groups (broad SMARTS) is 3. The minimum absolute atomic E-state index is 0.0588. The van der Waals surface area contributed by atoms with Crippen molar-refractivity contribution in [3.05, 3.63) is 106 Å². The Balaban J connectivity index is 0.000000376. The van der Waals surface area contributed by atoms with E-state index in [1.807, 2.05) is 66.7 Å². The Morgan fingerprint density at radius 2 is 1.30 bits per heavy atom. The third-order valence-electron chi connectivity index (χ3n) is 7.12. The molecule has 0 unspecified atom stereocenters. The predicted molar refractivity (Wildman–Crippen MR) is 159 cm³/mol. The summed E-state index contributed by atoms with van der Waals surface area (Å²) in [6, 6.07) is 23.8. The molecule has 1 fully saturated rings. The van der Waals surface area contributed by atoms with Gasteiger partial charge >= 0.3 is 0 Å². The lowest BCUT2D eigenvalue weighted by atomic mass is 9.93. The highest BCUT2D eigenvalue weighted by Gasteiger charge is 2.29. The maximum atomic E-state index is 12.2. The van der Waals surface area contributed by atoms with Gasteiger partial charge in [-0.05, 0) is 73.5 Å². The van der Waals surface area contributed by atoms with Crippen LogP contribution in [0.15, 0.2) is 78.9 Å². The number of carboxylic acids is 3. The number of carbonyl (C=O) groups is 3. The summed E-state index contributed by atoms with van der Waals surface area (Å²) in [5, 5.41) is 51.2. The monoisotopic (exact) mass is 633 g/mol. The van der Waals surface area contributed by atoms with Crippen molar-refractivity contribution in [1.82, 2.24) is 4.90 Å². The van der Waals surface area contributed by atoms with E-state index in [-0.39, 0.29) is 10.6 Å². The van der Waals surface area contributed by atoms with Crippen LogP contribution in [-0.4, -0.2) is 71.8 Å². The zero-order chi connectivity index (χ0) is 33.7. The van der Waals surface area contributed by atoms with Crippen LogP contribution in [0.5, 0.6) is 11.5 Å². The molecule has 3 aromatic rings. The highest BCUT2D eigenvalue weighted by atomic mass is 16.6. The van der Waals surface area contributed by atoms with Gasteiger partial charge in [-0.1, -0.05) is 42.5 Å². The number of benzene rings is 3. The molecule has 0 bridgehead atoms. The van der Waals surface area contributed by atoms with Crippen LogP contribution >= 0.6 is 0 Å². The largest absolute Gasteiger partial charge is 0.550 e. The maximum absolute atomic E-state index is 12.2. The first-order valence-electron chi connectivity index (χ1n) is 14.3. The van der Waals surface area contributed by atoms with E-state index in [0.717, 1.165) is 36.5 Å². The number of methoxy groups -OCH3 is 1. The summed E-state index contributed by atoms with van der Waals surface area (Å²) >= 11 is 0. The number of aliphatic hydroxyl groups is 1. The van der Waals surface area contributed by atoms with Crippen LogP contribution < -0.4 is 24.8 Å². The summed E-state index contributed by atoms with van der Waals surface area (Å²) in [6.07, 6.45) is -0.197. The second kappa shape index (κ2) is 16.7. The average Bonchev–Trinajstić information content (AvgIpc) is 3.54. The highest BCUT2D eigenvalue weighted by Crippen LogP contribution is 2.34. The van der Waals surface area contributed by atoms with Gasteiger partial charge in [0.25, 0.3) is 5.70 Å². The van der Waals surface area contributed by atoms with Crippen LogP contribution in [0.3, 0.4) is 0 Å². The number of hydrogen-bond acceptors (Lipinski definition) is 12. The van der Waals surface area contributed by atoms with Gasteiger partial charge in [0, 0.05) is 31.3 Å². The van der Waals surface area contributed by atoms with E-state index >= 15 is 0 Å². The molecule has 0 aliphatic carbocycles. The van der Waals surface area contributed by atoms with Crippen molar-refractivity contribution in [2.24, 2.45) is 0 Å². The molecule has 3 aromatic carbocycles. The lowest BCUT2D eigenvalue weighted by molar-refractivity contribution is -0.374. The first-order valence-corrected chi connectivity index (χ1v) is 14.3. The number of nitrogens with zero attached hydrogens (tertiary/aromatic N) is 2. The number of rotatable bonds is 14. The lowest BCUT2D eigenvalue weighted by Gasteiger charge is -2.29. The molecule has 244 valence electrons. The maximum Gasteiger partial charge on any atom is 0.284 e. The first-order chi connectivity index (χ1) is 21.9. The molecule has 0 atom stereocenters. The van der Waals surface area contributed by atoms with Crippen LogP contribution in [0, 0.1) is 10.1 Å². The standard InChI is InChI=1S/C27H28N2O4.C6H8O7/c1-32-24-13-9-21(10-14-24)26(27(29(30)31)23-7-3-2-4-8-23)22-11-15-25(16-12-22)33-20-19-28-17-5-6-18-28;7-3(8)1-6(13,5(11)12)2-4(9)10/h2-4,7-16H,5-6,17-20H2,1H3;13H,1-2H2,(H,7,8)(H,9,10)(H,11,12)/p-3. The van der Waals surface area contributed by atoms with E-state index in [4.69, 9.17) is 14.6 Å². The van der Waals surface area contributed by atoms with Gasteiger partial charge in [-0.3, -0.25) is 15.0 Å². The number of likely N-dealkylation sites (tertiary alicyclic amines) is 1. The Labute approximate surface area is 265 Å². The number of aliphatic carboxylic acids is 3. The second-order valence-electron chi connectivity index (χ2n) is 10.4. The molecule has 13 heteroatoms. The molecule has 0 amide bonds. The van der Waals surface area contributed by atoms with Crippen LogP contribution in [0.2, 0.25) is 0 Å². The molecule has 1 aliphatic heterocycles. The van der Waals surface area contributed by atoms with Gasteiger partial charge in [-0.2, -0.15) is 0 Å². The SMILES string of the molecule is COc1ccc(C(=C(c2ccccc2)[N+](=O)[O-])c2ccc(OCCN3CCCC3)cc2)cc1.O=C([O-])CC(O)(CC(=O)[O-])C(=O)[O-]. The third kappa shape index (κ3) is 10.1. The Bertz CT molecular complexity index is 1500. The Kier molecular flexibility index (Phi) is 12.8. The van der Waals surface area contributed by atoms with Crippen molar-refractivity contribution in [3.63, 3.8) is 0 Å². The first kappa shape index (κ1) is 35.2. The van der Waals surface area contributed by atoms with Crippen molar-refractivity contribution in [2.75, 3.05) is 33.4 Å². The smallest absolute Gasteiger partial charge is 0.284 e. The molecule has 0 saturated carbocycles. The molecule has 1 saturated heterocycles. The molecule has 13 nitrogen and oxygen atoms in total. The Morgan fingerprint density at radius 3 is 1.74 bits per heavy atom.